The van der Waals surface area contributed by atoms with Crippen LogP contribution in [0.1, 0.15) is 0 Å². The molecule has 4 aromatic rings. The molecule has 0 amide bonds. The van der Waals surface area contributed by atoms with Crippen LogP contribution in [0.2, 0.25) is 26.2 Å². The number of halogens is 2. The number of fused-ring (bicyclic) bond motifs is 2. The second kappa shape index (κ2) is 11.6. The van der Waals surface area contributed by atoms with Crippen LogP contribution >= 0.6 is 17.0 Å². The minimum absolute atomic E-state index is 0.294. The van der Waals surface area contributed by atoms with Gasteiger partial charge in [0.1, 0.15) is 0 Å². The normalized spacial score (nSPS) is 10.6. The predicted octanol–water partition coefficient (Wildman–Crippen LogP) is 6.38. The second-order valence-electron chi connectivity index (χ2n) is 7.01. The molecule has 0 N–H and O–H groups in total. The van der Waals surface area contributed by atoms with Crippen molar-refractivity contribution in [3.8, 4) is 0 Å². The van der Waals surface area contributed by atoms with E-state index >= 15 is 0 Å². The summed E-state index contributed by atoms with van der Waals surface area (Å²) in [7, 11) is 9.66. The summed E-state index contributed by atoms with van der Waals surface area (Å²) in [5.41, 5.74) is 0. The molecule has 0 aliphatic rings. The molecule has 0 heterocycles. The van der Waals surface area contributed by atoms with Gasteiger partial charge in [-0.3, -0.25) is 0 Å². The summed E-state index contributed by atoms with van der Waals surface area (Å²) in [5.74, 6) is 0. The molecule has 5 heteroatoms. The molecular formula is C23H26Cl2Si2Zr-2. The fraction of sp³-hybridized carbons (Fsp3) is 0.174. The molecule has 146 valence electrons. The van der Waals surface area contributed by atoms with Crippen molar-refractivity contribution in [3.63, 3.8) is 0 Å². The van der Waals surface area contributed by atoms with Gasteiger partial charge in [-0.15, -0.1) is 59.3 Å². The van der Waals surface area contributed by atoms with Gasteiger partial charge in [-0.2, -0.15) is 33.3 Å². The zero-order valence-corrected chi connectivity index (χ0v) is 22.9. The Morgan fingerprint density at radius 2 is 1.04 bits per heavy atom. The summed E-state index contributed by atoms with van der Waals surface area (Å²) in [6.07, 6.45) is 0. The fourth-order valence-electron chi connectivity index (χ4n) is 3.17. The number of rotatable bonds is 2. The molecule has 4 rings (SSSR count). The summed E-state index contributed by atoms with van der Waals surface area (Å²) in [6.45, 7) is 9.36. The maximum atomic E-state index is 5.13. The number of hydrogen-bond donors (Lipinski definition) is 0. The molecule has 0 aliphatic carbocycles. The summed E-state index contributed by atoms with van der Waals surface area (Å²) < 4.78 is 3.37. The van der Waals surface area contributed by atoms with Crippen molar-refractivity contribution in [1.29, 1.82) is 0 Å². The van der Waals surface area contributed by atoms with E-state index in [2.05, 4.69) is 103 Å². The molecule has 0 aromatic heterocycles. The molecule has 0 unspecified atom stereocenters. The molecule has 2 radical (unpaired) electrons. The third kappa shape index (κ3) is 6.74. The van der Waals surface area contributed by atoms with Gasteiger partial charge in [-0.1, -0.05) is 38.3 Å². The monoisotopic (exact) mass is 518 g/mol. The van der Waals surface area contributed by atoms with Gasteiger partial charge < -0.3 is 0 Å². The first kappa shape index (κ1) is 23.7. The Balaban J connectivity index is 0.000000169. The van der Waals surface area contributed by atoms with Crippen molar-refractivity contribution in [1.82, 2.24) is 0 Å². The Hall–Kier alpha value is -0.573. The van der Waals surface area contributed by atoms with Crippen LogP contribution in [0.5, 0.6) is 0 Å². The van der Waals surface area contributed by atoms with Gasteiger partial charge in [0.25, 0.3) is 0 Å². The van der Waals surface area contributed by atoms with Gasteiger partial charge >= 0.3 is 40.1 Å². The van der Waals surface area contributed by atoms with Gasteiger partial charge in [0.05, 0.1) is 0 Å². The zero-order valence-electron chi connectivity index (χ0n) is 16.9. The van der Waals surface area contributed by atoms with Crippen LogP contribution < -0.4 is 10.4 Å². The summed E-state index contributed by atoms with van der Waals surface area (Å²) in [6, 6.07) is 26.3. The van der Waals surface area contributed by atoms with Crippen LogP contribution in [0.15, 0.2) is 72.8 Å². The predicted molar refractivity (Wildman–Crippen MR) is 132 cm³/mol. The molecule has 0 nitrogen and oxygen atoms in total. The average Bonchev–Trinajstić information content (AvgIpc) is 3.26. The first-order chi connectivity index (χ1) is 13.3. The quantitative estimate of drug-likeness (QED) is 0.212. The van der Waals surface area contributed by atoms with Crippen LogP contribution in [-0.2, 0) is 18.9 Å². The number of hydrogen-bond acceptors (Lipinski definition) is 0. The van der Waals surface area contributed by atoms with Crippen LogP contribution in [-0.4, -0.2) is 21.8 Å². The van der Waals surface area contributed by atoms with Crippen LogP contribution in [0.3, 0.4) is 0 Å². The molecule has 0 atom stereocenters. The van der Waals surface area contributed by atoms with Crippen molar-refractivity contribution in [2.75, 3.05) is 0 Å². The van der Waals surface area contributed by atoms with Gasteiger partial charge in [0, 0.05) is 17.6 Å². The van der Waals surface area contributed by atoms with E-state index in [1.54, 1.807) is 10.4 Å². The van der Waals surface area contributed by atoms with Gasteiger partial charge in [0.2, 0.25) is 0 Å². The van der Waals surface area contributed by atoms with Gasteiger partial charge in [-0.05, 0) is 0 Å². The van der Waals surface area contributed by atoms with Crippen LogP contribution in [0.25, 0.3) is 21.5 Å². The fourth-order valence-corrected chi connectivity index (χ4v) is 5.54. The van der Waals surface area contributed by atoms with Crippen molar-refractivity contribution in [2.45, 2.75) is 26.2 Å². The molecule has 4 aromatic carbocycles. The van der Waals surface area contributed by atoms with Crippen molar-refractivity contribution >= 4 is 70.7 Å². The molecule has 0 saturated carbocycles. The average molecular weight is 521 g/mol. The number of benzene rings is 2. The van der Waals surface area contributed by atoms with E-state index in [1.807, 2.05) is 0 Å². The summed E-state index contributed by atoms with van der Waals surface area (Å²) >= 11 is -1.85. The Kier molecular flexibility index (Phi) is 9.80. The molecule has 0 saturated heterocycles. The van der Waals surface area contributed by atoms with Gasteiger partial charge in [-0.25, -0.2) is 0 Å². The maximum absolute atomic E-state index is 5.13. The van der Waals surface area contributed by atoms with Crippen molar-refractivity contribution in [2.24, 2.45) is 0 Å². The Morgan fingerprint density at radius 3 is 1.36 bits per heavy atom. The minimum atomic E-state index is -1.85. The summed E-state index contributed by atoms with van der Waals surface area (Å²) in [4.78, 5) is 0. The Bertz CT molecular complexity index is 949. The van der Waals surface area contributed by atoms with E-state index in [9.17, 15) is 0 Å². The molecule has 0 spiro atoms. The van der Waals surface area contributed by atoms with Crippen LogP contribution in [0, 0.1) is 0 Å². The molecule has 0 aliphatic heterocycles. The van der Waals surface area contributed by atoms with E-state index in [4.69, 9.17) is 17.0 Å². The summed E-state index contributed by atoms with van der Waals surface area (Å²) in [5, 5.41) is 8.82. The van der Waals surface area contributed by atoms with E-state index < -0.39 is 18.9 Å². The van der Waals surface area contributed by atoms with E-state index in [1.165, 1.54) is 21.5 Å². The van der Waals surface area contributed by atoms with E-state index in [0.717, 1.165) is 0 Å². The SMILES string of the molecule is C[Si](C)c1c[cH-]c2ccccc12.C[Si](C)c1c[cH-]c2ccccc12.[CH2]=[Zr]([Cl])[Cl]. The molecule has 0 bridgehead atoms. The van der Waals surface area contributed by atoms with Gasteiger partial charge in [0.15, 0.2) is 0 Å². The topological polar surface area (TPSA) is 0 Å². The van der Waals surface area contributed by atoms with Crippen molar-refractivity contribution in [3.05, 3.63) is 72.8 Å². The van der Waals surface area contributed by atoms with Crippen molar-refractivity contribution < 1.29 is 18.9 Å². The third-order valence-electron chi connectivity index (χ3n) is 4.44. The molecular weight excluding hydrogens is 495 g/mol. The second-order valence-corrected chi connectivity index (χ2v) is 20.3. The Labute approximate surface area is 187 Å². The third-order valence-corrected chi connectivity index (χ3v) is 7.47. The van der Waals surface area contributed by atoms with E-state index in [0.29, 0.717) is 0 Å². The standard InChI is InChI=1S/2C11H12Si.CH2.2ClH.Zr/c2*1-12(2)11-8-7-9-5-3-4-6-10(9)11;;;;/h2*3-8H,1-2H3;1H2;2*1H;/q2*-1;;;;+2/p-2. The zero-order chi connectivity index (χ0) is 20.7. The van der Waals surface area contributed by atoms with E-state index in [-0.39, 0.29) is 17.6 Å². The van der Waals surface area contributed by atoms with Crippen LogP contribution in [0.4, 0.5) is 0 Å². The first-order valence-electron chi connectivity index (χ1n) is 9.21. The Morgan fingerprint density at radius 1 is 0.714 bits per heavy atom. The first-order valence-corrected chi connectivity index (χ1v) is 22.3. The molecule has 28 heavy (non-hydrogen) atoms. The molecule has 0 fully saturated rings.